The quantitative estimate of drug-likeness (QED) is 0.912. The van der Waals surface area contributed by atoms with E-state index in [4.69, 9.17) is 5.73 Å². The molecule has 1 aromatic heterocycles. The minimum Gasteiger partial charge on any atom is -0.347 e. The first-order chi connectivity index (χ1) is 8.49. The van der Waals surface area contributed by atoms with Crippen molar-refractivity contribution < 1.29 is 0 Å². The summed E-state index contributed by atoms with van der Waals surface area (Å²) in [6.45, 7) is 8.46. The standard InChI is InChI=1S/C15H22N2S/c1-15(2,3)18-9-8-17-7-6-13-10-12(11-16)4-5-14(13)17/h4-7,10H,8-9,11,16H2,1-3H3. The molecule has 0 aliphatic rings. The summed E-state index contributed by atoms with van der Waals surface area (Å²) in [6.07, 6.45) is 2.17. The summed E-state index contributed by atoms with van der Waals surface area (Å²) in [4.78, 5) is 0. The average Bonchev–Trinajstić information content (AvgIpc) is 2.70. The molecule has 0 radical (unpaired) electrons. The predicted molar refractivity (Wildman–Crippen MR) is 82.0 cm³/mol. The lowest BCUT2D eigenvalue weighted by molar-refractivity contribution is 0.774. The molecule has 2 N–H and O–H groups in total. The molecular formula is C15H22N2S. The minimum absolute atomic E-state index is 0.343. The van der Waals surface area contributed by atoms with Gasteiger partial charge in [0, 0.05) is 35.3 Å². The second-order valence-corrected chi connectivity index (χ2v) is 7.49. The van der Waals surface area contributed by atoms with Crippen LogP contribution in [0.5, 0.6) is 0 Å². The third kappa shape index (κ3) is 3.30. The highest BCUT2D eigenvalue weighted by Gasteiger charge is 2.10. The van der Waals surface area contributed by atoms with E-state index < -0.39 is 0 Å². The van der Waals surface area contributed by atoms with E-state index in [1.807, 2.05) is 11.8 Å². The number of hydrogen-bond donors (Lipinski definition) is 1. The summed E-state index contributed by atoms with van der Waals surface area (Å²) in [6, 6.07) is 8.66. The monoisotopic (exact) mass is 262 g/mol. The Kier molecular flexibility index (Phi) is 4.03. The maximum Gasteiger partial charge on any atom is 0.0480 e. The summed E-state index contributed by atoms with van der Waals surface area (Å²) in [7, 11) is 0. The van der Waals surface area contributed by atoms with Crippen molar-refractivity contribution in [3.63, 3.8) is 0 Å². The second kappa shape index (κ2) is 5.37. The predicted octanol–water partition coefficient (Wildman–Crippen LogP) is 3.63. The Balaban J connectivity index is 2.10. The van der Waals surface area contributed by atoms with E-state index in [-0.39, 0.29) is 0 Å². The van der Waals surface area contributed by atoms with Gasteiger partial charge in [0.25, 0.3) is 0 Å². The topological polar surface area (TPSA) is 30.9 Å². The van der Waals surface area contributed by atoms with Crippen molar-refractivity contribution in [1.82, 2.24) is 4.57 Å². The SMILES string of the molecule is CC(C)(C)SCCn1ccc2cc(CN)ccc21. The third-order valence-corrected chi connectivity index (χ3v) is 4.19. The maximum absolute atomic E-state index is 5.67. The van der Waals surface area contributed by atoms with Gasteiger partial charge in [-0.05, 0) is 29.1 Å². The van der Waals surface area contributed by atoms with Gasteiger partial charge in [0.05, 0.1) is 0 Å². The summed E-state index contributed by atoms with van der Waals surface area (Å²) in [5.74, 6) is 1.14. The van der Waals surface area contributed by atoms with E-state index in [1.54, 1.807) is 0 Å². The number of rotatable bonds is 4. The van der Waals surface area contributed by atoms with Gasteiger partial charge in [0.2, 0.25) is 0 Å². The lowest BCUT2D eigenvalue weighted by Gasteiger charge is -2.17. The van der Waals surface area contributed by atoms with Gasteiger partial charge in [0.15, 0.2) is 0 Å². The molecule has 2 aromatic rings. The summed E-state index contributed by atoms with van der Waals surface area (Å²) in [5, 5.41) is 1.29. The Morgan fingerprint density at radius 1 is 1.22 bits per heavy atom. The second-order valence-electron chi connectivity index (χ2n) is 5.57. The van der Waals surface area contributed by atoms with Crippen molar-refractivity contribution in [2.45, 2.75) is 38.6 Å². The summed E-state index contributed by atoms with van der Waals surface area (Å²) < 4.78 is 2.67. The smallest absolute Gasteiger partial charge is 0.0480 e. The van der Waals surface area contributed by atoms with E-state index >= 15 is 0 Å². The zero-order valence-corrected chi connectivity index (χ0v) is 12.3. The summed E-state index contributed by atoms with van der Waals surface area (Å²) >= 11 is 2.01. The van der Waals surface area contributed by atoms with Crippen LogP contribution in [0, 0.1) is 0 Å². The van der Waals surface area contributed by atoms with Crippen LogP contribution in [0.3, 0.4) is 0 Å². The zero-order valence-electron chi connectivity index (χ0n) is 11.4. The van der Waals surface area contributed by atoms with Crippen molar-refractivity contribution in [1.29, 1.82) is 0 Å². The van der Waals surface area contributed by atoms with Crippen LogP contribution in [0.2, 0.25) is 0 Å². The number of thioether (sulfide) groups is 1. The molecule has 18 heavy (non-hydrogen) atoms. The largest absolute Gasteiger partial charge is 0.347 e. The van der Waals surface area contributed by atoms with E-state index in [9.17, 15) is 0 Å². The van der Waals surface area contributed by atoms with Crippen molar-refractivity contribution in [2.75, 3.05) is 5.75 Å². The molecule has 0 unspecified atom stereocenters. The molecule has 2 rings (SSSR count). The highest BCUT2D eigenvalue weighted by atomic mass is 32.2. The molecule has 0 bridgehead atoms. The first-order valence-corrected chi connectivity index (χ1v) is 7.40. The molecule has 2 nitrogen and oxygen atoms in total. The molecule has 1 heterocycles. The fourth-order valence-corrected chi connectivity index (χ4v) is 2.92. The van der Waals surface area contributed by atoms with Gasteiger partial charge < -0.3 is 10.3 Å². The Morgan fingerprint density at radius 3 is 2.67 bits per heavy atom. The number of aryl methyl sites for hydroxylation is 1. The molecule has 0 fully saturated rings. The molecule has 0 aliphatic heterocycles. The third-order valence-electron chi connectivity index (χ3n) is 2.94. The fourth-order valence-electron chi connectivity index (χ4n) is 2.02. The van der Waals surface area contributed by atoms with Crippen molar-refractivity contribution >= 4 is 22.7 Å². The molecule has 0 spiro atoms. The van der Waals surface area contributed by atoms with Gasteiger partial charge in [-0.2, -0.15) is 11.8 Å². The van der Waals surface area contributed by atoms with Crippen molar-refractivity contribution in [3.8, 4) is 0 Å². The van der Waals surface area contributed by atoms with E-state index in [2.05, 4.69) is 55.8 Å². The minimum atomic E-state index is 0.343. The molecule has 1 aromatic carbocycles. The van der Waals surface area contributed by atoms with Crippen molar-refractivity contribution in [2.24, 2.45) is 5.73 Å². The van der Waals surface area contributed by atoms with Gasteiger partial charge in [-0.25, -0.2) is 0 Å². The van der Waals surface area contributed by atoms with Crippen molar-refractivity contribution in [3.05, 3.63) is 36.0 Å². The Hall–Kier alpha value is -0.930. The molecule has 0 atom stereocenters. The highest BCUT2D eigenvalue weighted by Crippen LogP contribution is 2.24. The highest BCUT2D eigenvalue weighted by molar-refractivity contribution is 8.00. The van der Waals surface area contributed by atoms with E-state index in [1.165, 1.54) is 16.5 Å². The number of fused-ring (bicyclic) bond motifs is 1. The Bertz CT molecular complexity index is 523. The van der Waals surface area contributed by atoms with Crippen LogP contribution < -0.4 is 5.73 Å². The van der Waals surface area contributed by atoms with Gasteiger partial charge in [-0.1, -0.05) is 26.8 Å². The van der Waals surface area contributed by atoms with Crippen LogP contribution in [0.4, 0.5) is 0 Å². The molecule has 98 valence electrons. The molecule has 0 aliphatic carbocycles. The van der Waals surface area contributed by atoms with Crippen LogP contribution >= 0.6 is 11.8 Å². The van der Waals surface area contributed by atoms with Crippen LogP contribution in [0.15, 0.2) is 30.5 Å². The van der Waals surface area contributed by atoms with E-state index in [0.717, 1.165) is 12.3 Å². The first-order valence-electron chi connectivity index (χ1n) is 6.41. The van der Waals surface area contributed by atoms with Crippen LogP contribution in [0.1, 0.15) is 26.3 Å². The Labute approximate surface area is 114 Å². The van der Waals surface area contributed by atoms with Gasteiger partial charge in [-0.15, -0.1) is 0 Å². The first kappa shape index (κ1) is 13.5. The normalized spacial score (nSPS) is 12.2. The lowest BCUT2D eigenvalue weighted by Crippen LogP contribution is -2.10. The molecule has 0 saturated carbocycles. The summed E-state index contributed by atoms with van der Waals surface area (Å²) in [5.41, 5.74) is 8.17. The number of hydrogen-bond acceptors (Lipinski definition) is 2. The van der Waals surface area contributed by atoms with Crippen LogP contribution in [0.25, 0.3) is 10.9 Å². The lowest BCUT2D eigenvalue weighted by atomic mass is 10.1. The van der Waals surface area contributed by atoms with Crippen LogP contribution in [-0.2, 0) is 13.1 Å². The number of nitrogens with two attached hydrogens (primary N) is 1. The average molecular weight is 262 g/mol. The van der Waals surface area contributed by atoms with Gasteiger partial charge in [0.1, 0.15) is 0 Å². The fraction of sp³-hybridized carbons (Fsp3) is 0.467. The maximum atomic E-state index is 5.67. The van der Waals surface area contributed by atoms with Crippen LogP contribution in [-0.4, -0.2) is 15.1 Å². The molecular weight excluding hydrogens is 240 g/mol. The number of nitrogens with zero attached hydrogens (tertiary/aromatic N) is 1. The van der Waals surface area contributed by atoms with Gasteiger partial charge in [-0.3, -0.25) is 0 Å². The molecule has 0 saturated heterocycles. The number of aromatic nitrogens is 1. The number of benzene rings is 1. The van der Waals surface area contributed by atoms with E-state index in [0.29, 0.717) is 11.3 Å². The molecule has 0 amide bonds. The zero-order chi connectivity index (χ0) is 13.2. The van der Waals surface area contributed by atoms with Gasteiger partial charge >= 0.3 is 0 Å². The Morgan fingerprint density at radius 2 is 2.00 bits per heavy atom. The molecule has 3 heteroatoms.